The van der Waals surface area contributed by atoms with E-state index in [4.69, 9.17) is 22.3 Å². The summed E-state index contributed by atoms with van der Waals surface area (Å²) in [7, 11) is 4.11. The molecule has 5 heteroatoms. The number of halogens is 1. The molecule has 0 fully saturated rings. The Labute approximate surface area is 171 Å². The Balaban J connectivity index is 2.11. The molecule has 0 bridgehead atoms. The highest BCUT2D eigenvalue weighted by atomic mass is 35.5. The van der Waals surface area contributed by atoms with E-state index in [0.717, 1.165) is 35.4 Å². The van der Waals surface area contributed by atoms with Gasteiger partial charge in [-0.3, -0.25) is 0 Å². The zero-order valence-electron chi connectivity index (χ0n) is 16.2. The summed E-state index contributed by atoms with van der Waals surface area (Å²) in [6.07, 6.45) is 2.52. The van der Waals surface area contributed by atoms with E-state index in [1.54, 1.807) is 6.20 Å². The molecule has 3 aromatic rings. The van der Waals surface area contributed by atoms with Gasteiger partial charge in [0.25, 0.3) is 0 Å². The number of nitrogens with zero attached hydrogens (tertiary/aromatic N) is 3. The maximum Gasteiger partial charge on any atom is 0.154 e. The first-order valence-corrected chi connectivity index (χ1v) is 9.68. The number of hydrogen-bond donors (Lipinski definition) is 1. The second kappa shape index (κ2) is 9.60. The van der Waals surface area contributed by atoms with Gasteiger partial charge in [0.05, 0.1) is 5.71 Å². The summed E-state index contributed by atoms with van der Waals surface area (Å²) in [6.45, 7) is 0.918. The summed E-state index contributed by atoms with van der Waals surface area (Å²) < 4.78 is 0. The molecule has 4 nitrogen and oxygen atoms in total. The van der Waals surface area contributed by atoms with Gasteiger partial charge in [0.1, 0.15) is 5.69 Å². The van der Waals surface area contributed by atoms with E-state index in [9.17, 15) is 0 Å². The topological polar surface area (TPSA) is 54.5 Å². The van der Waals surface area contributed by atoms with Crippen LogP contribution < -0.4 is 5.73 Å². The minimum Gasteiger partial charge on any atom is -0.324 e. The first kappa shape index (κ1) is 20.2. The Bertz CT molecular complexity index is 938. The molecule has 0 radical (unpaired) electrons. The third-order valence-electron chi connectivity index (χ3n) is 4.52. The molecular formula is C23H25ClN4. The highest BCUT2D eigenvalue weighted by molar-refractivity contribution is 6.32. The van der Waals surface area contributed by atoms with Crippen LogP contribution in [0.5, 0.6) is 0 Å². The molecule has 0 saturated heterocycles. The number of hydrogen-bond acceptors (Lipinski definition) is 4. The predicted molar refractivity (Wildman–Crippen MR) is 118 cm³/mol. The third-order valence-corrected chi connectivity index (χ3v) is 4.81. The molecule has 1 heterocycles. The molecule has 0 aliphatic heterocycles. The van der Waals surface area contributed by atoms with Gasteiger partial charge >= 0.3 is 0 Å². The number of rotatable bonds is 7. The number of aromatic nitrogens is 1. The Morgan fingerprint density at radius 3 is 2.46 bits per heavy atom. The average molecular weight is 393 g/mol. The van der Waals surface area contributed by atoms with Crippen molar-refractivity contribution >= 4 is 23.0 Å². The first-order valence-electron chi connectivity index (χ1n) is 9.30. The van der Waals surface area contributed by atoms with Crippen LogP contribution in [0.1, 0.15) is 29.2 Å². The number of aliphatic imine (C=N–C) groups is 1. The van der Waals surface area contributed by atoms with Crippen molar-refractivity contribution in [2.45, 2.75) is 12.5 Å². The van der Waals surface area contributed by atoms with Gasteiger partial charge in [0.2, 0.25) is 0 Å². The lowest BCUT2D eigenvalue weighted by atomic mass is 9.92. The van der Waals surface area contributed by atoms with Crippen molar-refractivity contribution in [1.29, 1.82) is 0 Å². The zero-order valence-corrected chi connectivity index (χ0v) is 17.0. The average Bonchev–Trinajstić information content (AvgIpc) is 2.72. The second-order valence-corrected chi connectivity index (χ2v) is 7.28. The minimum atomic E-state index is -0.0862. The summed E-state index contributed by atoms with van der Waals surface area (Å²) in [5.74, 6) is 0. The standard InChI is InChI=1S/C23H25ClN4/c1-28(2)16-14-20(25)18-11-6-7-12-19(18)22(17-9-4-3-5-10-17)27-21-13-8-15-26-23(21)24/h3-13,15,20H,14,16,25H2,1-2H3. The molecule has 28 heavy (non-hydrogen) atoms. The smallest absolute Gasteiger partial charge is 0.154 e. The Kier molecular flexibility index (Phi) is 6.93. The summed E-state index contributed by atoms with van der Waals surface area (Å²) in [4.78, 5) is 11.2. The van der Waals surface area contributed by atoms with E-state index in [0.29, 0.717) is 10.8 Å². The molecule has 144 valence electrons. The minimum absolute atomic E-state index is 0.0862. The van der Waals surface area contributed by atoms with Crippen LogP contribution in [0.4, 0.5) is 5.69 Å². The normalized spacial score (nSPS) is 13.0. The van der Waals surface area contributed by atoms with Crippen molar-refractivity contribution in [2.75, 3.05) is 20.6 Å². The van der Waals surface area contributed by atoms with Crippen molar-refractivity contribution in [3.05, 3.63) is 94.8 Å². The van der Waals surface area contributed by atoms with Crippen molar-refractivity contribution in [3.8, 4) is 0 Å². The van der Waals surface area contributed by atoms with Gasteiger partial charge in [-0.15, -0.1) is 0 Å². The van der Waals surface area contributed by atoms with Crippen molar-refractivity contribution in [3.63, 3.8) is 0 Å². The molecule has 1 unspecified atom stereocenters. The maximum absolute atomic E-state index is 6.56. The molecule has 3 rings (SSSR count). The van der Waals surface area contributed by atoms with Crippen molar-refractivity contribution in [2.24, 2.45) is 10.7 Å². The molecule has 2 N–H and O–H groups in total. The van der Waals surface area contributed by atoms with Gasteiger partial charge in [-0.2, -0.15) is 0 Å². The largest absolute Gasteiger partial charge is 0.324 e. The Hall–Kier alpha value is -2.53. The van der Waals surface area contributed by atoms with Crippen LogP contribution in [0.25, 0.3) is 0 Å². The number of nitrogens with two attached hydrogens (primary N) is 1. The molecule has 1 atom stereocenters. The van der Waals surface area contributed by atoms with Gasteiger partial charge in [-0.25, -0.2) is 9.98 Å². The van der Waals surface area contributed by atoms with Gasteiger partial charge in [-0.05, 0) is 44.8 Å². The zero-order chi connectivity index (χ0) is 19.9. The third kappa shape index (κ3) is 5.04. The first-order chi connectivity index (χ1) is 13.6. The molecular weight excluding hydrogens is 368 g/mol. The monoisotopic (exact) mass is 392 g/mol. The van der Waals surface area contributed by atoms with Gasteiger partial charge < -0.3 is 10.6 Å². The van der Waals surface area contributed by atoms with E-state index < -0.39 is 0 Å². The van der Waals surface area contributed by atoms with E-state index in [1.165, 1.54) is 0 Å². The molecule has 0 spiro atoms. The van der Waals surface area contributed by atoms with E-state index in [-0.39, 0.29) is 6.04 Å². The van der Waals surface area contributed by atoms with Gasteiger partial charge in [0, 0.05) is 23.4 Å². The fourth-order valence-electron chi connectivity index (χ4n) is 3.05. The van der Waals surface area contributed by atoms with Crippen LogP contribution in [0, 0.1) is 0 Å². The number of pyridine rings is 1. The summed E-state index contributed by atoms with van der Waals surface area (Å²) in [5, 5.41) is 0.380. The lowest BCUT2D eigenvalue weighted by molar-refractivity contribution is 0.382. The lowest BCUT2D eigenvalue weighted by Crippen LogP contribution is -2.22. The van der Waals surface area contributed by atoms with Crippen LogP contribution in [0.3, 0.4) is 0 Å². The Morgan fingerprint density at radius 2 is 1.75 bits per heavy atom. The maximum atomic E-state index is 6.56. The van der Waals surface area contributed by atoms with Gasteiger partial charge in [-0.1, -0.05) is 66.2 Å². The molecule has 2 aromatic carbocycles. The Morgan fingerprint density at radius 1 is 1.04 bits per heavy atom. The molecule has 0 saturated carbocycles. The summed E-state index contributed by atoms with van der Waals surface area (Å²) in [5.41, 5.74) is 11.1. The van der Waals surface area contributed by atoms with Crippen LogP contribution in [-0.4, -0.2) is 36.2 Å². The van der Waals surface area contributed by atoms with E-state index in [2.05, 4.69) is 36.1 Å². The van der Waals surface area contributed by atoms with Crippen molar-refractivity contribution < 1.29 is 0 Å². The molecule has 0 amide bonds. The van der Waals surface area contributed by atoms with E-state index >= 15 is 0 Å². The number of benzene rings is 2. The SMILES string of the molecule is CN(C)CCC(N)c1ccccc1C(=Nc1cccnc1Cl)c1ccccc1. The van der Waals surface area contributed by atoms with Crippen LogP contribution in [0.2, 0.25) is 5.15 Å². The molecule has 0 aliphatic rings. The highest BCUT2D eigenvalue weighted by Gasteiger charge is 2.17. The van der Waals surface area contributed by atoms with Gasteiger partial charge in [0.15, 0.2) is 5.15 Å². The summed E-state index contributed by atoms with van der Waals surface area (Å²) >= 11 is 6.28. The van der Waals surface area contributed by atoms with Crippen LogP contribution >= 0.6 is 11.6 Å². The fourth-order valence-corrected chi connectivity index (χ4v) is 3.21. The van der Waals surface area contributed by atoms with Crippen LogP contribution in [-0.2, 0) is 0 Å². The molecule has 0 aliphatic carbocycles. The molecule has 1 aromatic heterocycles. The predicted octanol–water partition coefficient (Wildman–Crippen LogP) is 4.86. The summed E-state index contributed by atoms with van der Waals surface area (Å²) in [6, 6.07) is 21.9. The highest BCUT2D eigenvalue weighted by Crippen LogP contribution is 2.27. The van der Waals surface area contributed by atoms with Crippen molar-refractivity contribution in [1.82, 2.24) is 9.88 Å². The second-order valence-electron chi connectivity index (χ2n) is 6.93. The lowest BCUT2D eigenvalue weighted by Gasteiger charge is -2.20. The quantitative estimate of drug-likeness (QED) is 0.461. The van der Waals surface area contributed by atoms with E-state index in [1.807, 2.05) is 54.6 Å². The van der Waals surface area contributed by atoms with Crippen LogP contribution in [0.15, 0.2) is 77.9 Å². The fraction of sp³-hybridized carbons (Fsp3) is 0.217.